The van der Waals surface area contributed by atoms with E-state index in [0.29, 0.717) is 11.3 Å². The molecule has 0 radical (unpaired) electrons. The maximum Gasteiger partial charge on any atom is 0.343 e. The molecule has 1 atom stereocenters. The van der Waals surface area contributed by atoms with Gasteiger partial charge in [-0.2, -0.15) is 0 Å². The zero-order valence-electron chi connectivity index (χ0n) is 8.87. The van der Waals surface area contributed by atoms with Crippen molar-refractivity contribution in [3.63, 3.8) is 0 Å². The molecule has 0 aromatic heterocycles. The van der Waals surface area contributed by atoms with Crippen molar-refractivity contribution in [1.82, 2.24) is 0 Å². The number of hydrogen-bond acceptors (Lipinski definition) is 2. The van der Waals surface area contributed by atoms with Crippen LogP contribution in [0.15, 0.2) is 12.1 Å². The summed E-state index contributed by atoms with van der Waals surface area (Å²) in [5.74, 6) is -0.973. The van der Waals surface area contributed by atoms with Crippen molar-refractivity contribution in [2.75, 3.05) is 7.11 Å². The first-order valence-electron chi connectivity index (χ1n) is 4.49. The lowest BCUT2D eigenvalue weighted by atomic mass is 10.0. The van der Waals surface area contributed by atoms with Gasteiger partial charge >= 0.3 is 5.97 Å². The topological polar surface area (TPSA) is 46.5 Å². The Morgan fingerprint density at radius 1 is 1.47 bits per heavy atom. The van der Waals surface area contributed by atoms with Crippen molar-refractivity contribution < 1.29 is 19.0 Å². The first-order valence-corrected chi connectivity index (χ1v) is 4.49. The van der Waals surface area contributed by atoms with Crippen LogP contribution in [0, 0.1) is 13.8 Å². The van der Waals surface area contributed by atoms with Crippen LogP contribution in [0.2, 0.25) is 0 Å². The number of carbonyl (C=O) groups is 1. The third-order valence-electron chi connectivity index (χ3n) is 2.25. The van der Waals surface area contributed by atoms with Crippen molar-refractivity contribution in [3.8, 4) is 5.75 Å². The molecular formula is C11H13FO3. The summed E-state index contributed by atoms with van der Waals surface area (Å²) in [6, 6.07) is 3.27. The molecule has 0 fully saturated rings. The minimum absolute atomic E-state index is 0.152. The highest BCUT2D eigenvalue weighted by Crippen LogP contribution is 2.29. The highest BCUT2D eigenvalue weighted by Gasteiger charge is 2.22. The molecule has 0 aliphatic heterocycles. The fourth-order valence-electron chi connectivity index (χ4n) is 1.46. The maximum absolute atomic E-state index is 13.4. The predicted octanol–water partition coefficient (Wildman–Crippen LogP) is 2.41. The molecule has 15 heavy (non-hydrogen) atoms. The Morgan fingerprint density at radius 3 is 2.53 bits per heavy atom. The summed E-state index contributed by atoms with van der Waals surface area (Å²) >= 11 is 0. The largest absolute Gasteiger partial charge is 0.496 e. The van der Waals surface area contributed by atoms with E-state index in [1.807, 2.05) is 0 Å². The summed E-state index contributed by atoms with van der Waals surface area (Å²) in [4.78, 5) is 10.5. The van der Waals surface area contributed by atoms with Gasteiger partial charge in [0.05, 0.1) is 7.11 Å². The lowest BCUT2D eigenvalue weighted by Gasteiger charge is -2.12. The molecule has 1 aromatic rings. The van der Waals surface area contributed by atoms with E-state index in [0.717, 1.165) is 5.56 Å². The minimum Gasteiger partial charge on any atom is -0.496 e. The first kappa shape index (κ1) is 11.5. The van der Waals surface area contributed by atoms with Gasteiger partial charge in [0.15, 0.2) is 0 Å². The predicted molar refractivity (Wildman–Crippen MR) is 54.0 cm³/mol. The Labute approximate surface area is 87.5 Å². The SMILES string of the molecule is COc1cc(C)cc(C(F)C(=O)O)c1C. The Kier molecular flexibility index (Phi) is 3.29. The first-order chi connectivity index (χ1) is 6.97. The molecule has 82 valence electrons. The monoisotopic (exact) mass is 212 g/mol. The van der Waals surface area contributed by atoms with Crippen LogP contribution in [-0.4, -0.2) is 18.2 Å². The molecule has 0 amide bonds. The van der Waals surface area contributed by atoms with Crippen molar-refractivity contribution in [2.45, 2.75) is 20.0 Å². The third-order valence-corrected chi connectivity index (χ3v) is 2.25. The number of benzene rings is 1. The molecule has 0 aliphatic carbocycles. The third kappa shape index (κ3) is 2.26. The molecule has 3 nitrogen and oxygen atoms in total. The van der Waals surface area contributed by atoms with Gasteiger partial charge in [-0.3, -0.25) is 0 Å². The number of rotatable bonds is 3. The van der Waals surface area contributed by atoms with Gasteiger partial charge in [0.2, 0.25) is 6.17 Å². The van der Waals surface area contributed by atoms with E-state index in [4.69, 9.17) is 9.84 Å². The Bertz CT molecular complexity index is 388. The molecule has 0 saturated heterocycles. The lowest BCUT2D eigenvalue weighted by Crippen LogP contribution is -2.08. The van der Waals surface area contributed by atoms with Crippen molar-refractivity contribution in [2.24, 2.45) is 0 Å². The van der Waals surface area contributed by atoms with Crippen LogP contribution in [0.4, 0.5) is 4.39 Å². The smallest absolute Gasteiger partial charge is 0.343 e. The Hall–Kier alpha value is -1.58. The summed E-state index contributed by atoms with van der Waals surface area (Å²) in [5, 5.41) is 8.60. The fraction of sp³-hybridized carbons (Fsp3) is 0.364. The molecule has 1 N–H and O–H groups in total. The number of aliphatic carboxylic acids is 1. The fourth-order valence-corrected chi connectivity index (χ4v) is 1.46. The standard InChI is InChI=1S/C11H13FO3/c1-6-4-8(10(12)11(13)14)7(2)9(5-6)15-3/h4-5,10H,1-3H3,(H,13,14). The van der Waals surface area contributed by atoms with Crippen LogP contribution in [0.3, 0.4) is 0 Å². The minimum atomic E-state index is -2.00. The van der Waals surface area contributed by atoms with Crippen LogP contribution in [-0.2, 0) is 4.79 Å². The average Bonchev–Trinajstić information content (AvgIpc) is 2.19. The summed E-state index contributed by atoms with van der Waals surface area (Å²) in [6.45, 7) is 3.41. The number of carboxylic acids is 1. The van der Waals surface area contributed by atoms with Crippen LogP contribution < -0.4 is 4.74 Å². The number of ether oxygens (including phenoxy) is 1. The van der Waals surface area contributed by atoms with Crippen LogP contribution in [0.5, 0.6) is 5.75 Å². The second kappa shape index (κ2) is 4.29. The van der Waals surface area contributed by atoms with Gasteiger partial charge in [-0.05, 0) is 31.0 Å². The van der Waals surface area contributed by atoms with Gasteiger partial charge in [0.25, 0.3) is 0 Å². The number of hydrogen-bond donors (Lipinski definition) is 1. The van der Waals surface area contributed by atoms with Gasteiger partial charge < -0.3 is 9.84 Å². The zero-order chi connectivity index (χ0) is 11.6. The number of alkyl halides is 1. The molecule has 1 aromatic carbocycles. The van der Waals surface area contributed by atoms with Gasteiger partial charge in [0.1, 0.15) is 5.75 Å². The van der Waals surface area contributed by atoms with Crippen molar-refractivity contribution in [3.05, 3.63) is 28.8 Å². The molecule has 1 rings (SSSR count). The highest BCUT2D eigenvalue weighted by molar-refractivity contribution is 5.75. The van der Waals surface area contributed by atoms with Gasteiger partial charge in [-0.25, -0.2) is 9.18 Å². The molecule has 0 bridgehead atoms. The summed E-state index contributed by atoms with van der Waals surface area (Å²) in [5.41, 5.74) is 1.45. The number of aryl methyl sites for hydroxylation is 1. The summed E-state index contributed by atoms with van der Waals surface area (Å²) < 4.78 is 18.4. The average molecular weight is 212 g/mol. The number of carboxylic acid groups (broad SMARTS) is 1. The lowest BCUT2D eigenvalue weighted by molar-refractivity contribution is -0.143. The van der Waals surface area contributed by atoms with E-state index < -0.39 is 12.1 Å². The number of halogens is 1. The number of methoxy groups -OCH3 is 1. The van der Waals surface area contributed by atoms with E-state index in [-0.39, 0.29) is 5.56 Å². The quantitative estimate of drug-likeness (QED) is 0.836. The molecule has 0 aliphatic rings. The van der Waals surface area contributed by atoms with Crippen LogP contribution in [0.25, 0.3) is 0 Å². The Balaban J connectivity index is 3.28. The van der Waals surface area contributed by atoms with Crippen LogP contribution >= 0.6 is 0 Å². The highest BCUT2D eigenvalue weighted by atomic mass is 19.1. The van der Waals surface area contributed by atoms with Crippen LogP contribution in [0.1, 0.15) is 22.9 Å². The van der Waals surface area contributed by atoms with Crippen molar-refractivity contribution in [1.29, 1.82) is 0 Å². The van der Waals surface area contributed by atoms with Crippen molar-refractivity contribution >= 4 is 5.97 Å². The molecular weight excluding hydrogens is 199 g/mol. The van der Waals surface area contributed by atoms with Gasteiger partial charge in [-0.15, -0.1) is 0 Å². The maximum atomic E-state index is 13.4. The summed E-state index contributed by atoms with van der Waals surface area (Å²) in [7, 11) is 1.47. The second-order valence-electron chi connectivity index (χ2n) is 3.38. The normalized spacial score (nSPS) is 12.3. The molecule has 1 unspecified atom stereocenters. The zero-order valence-corrected chi connectivity index (χ0v) is 8.87. The molecule has 0 heterocycles. The van der Waals surface area contributed by atoms with E-state index in [2.05, 4.69) is 0 Å². The molecule has 0 spiro atoms. The van der Waals surface area contributed by atoms with E-state index in [1.165, 1.54) is 13.2 Å². The molecule has 4 heteroatoms. The van der Waals surface area contributed by atoms with E-state index in [1.54, 1.807) is 19.9 Å². The second-order valence-corrected chi connectivity index (χ2v) is 3.38. The van der Waals surface area contributed by atoms with E-state index in [9.17, 15) is 9.18 Å². The molecule has 0 saturated carbocycles. The van der Waals surface area contributed by atoms with E-state index >= 15 is 0 Å². The van der Waals surface area contributed by atoms with Gasteiger partial charge in [0, 0.05) is 5.56 Å². The van der Waals surface area contributed by atoms with Gasteiger partial charge in [-0.1, -0.05) is 6.07 Å². The Morgan fingerprint density at radius 2 is 2.07 bits per heavy atom. The summed E-state index contributed by atoms with van der Waals surface area (Å²) in [6.07, 6.45) is -2.00.